The normalized spacial score (nSPS) is 15.2. The fourth-order valence-electron chi connectivity index (χ4n) is 4.36. The number of carbonyl (C=O) groups is 1. The molecule has 37 heavy (non-hydrogen) atoms. The SMILES string of the molecule is CCOC(=O)C1=C(c2ccccc2)N=c2s/c(=C\c3ccc(C)cc3)c(=O)n2C1c1ccc(OC)cc1. The number of aromatic nitrogens is 1. The third-order valence-corrected chi connectivity index (χ3v) is 7.16. The lowest BCUT2D eigenvalue weighted by molar-refractivity contribution is -0.138. The Bertz CT molecular complexity index is 1650. The van der Waals surface area contributed by atoms with Crippen molar-refractivity contribution < 1.29 is 14.3 Å². The lowest BCUT2D eigenvalue weighted by atomic mass is 9.93. The highest BCUT2D eigenvalue weighted by Gasteiger charge is 2.35. The van der Waals surface area contributed by atoms with Crippen LogP contribution < -0.4 is 19.6 Å². The zero-order valence-electron chi connectivity index (χ0n) is 20.8. The van der Waals surface area contributed by atoms with Gasteiger partial charge in [0.1, 0.15) is 5.75 Å². The van der Waals surface area contributed by atoms with E-state index in [-0.39, 0.29) is 12.2 Å². The lowest BCUT2D eigenvalue weighted by Crippen LogP contribution is -2.40. The van der Waals surface area contributed by atoms with Gasteiger partial charge < -0.3 is 9.47 Å². The molecular formula is C30H26N2O4S. The van der Waals surface area contributed by atoms with Gasteiger partial charge in [0.15, 0.2) is 4.80 Å². The van der Waals surface area contributed by atoms with E-state index in [1.165, 1.54) is 11.3 Å². The first-order valence-corrected chi connectivity index (χ1v) is 12.8. The first-order chi connectivity index (χ1) is 18.0. The van der Waals surface area contributed by atoms with Gasteiger partial charge in [-0.1, -0.05) is 83.6 Å². The second-order valence-electron chi connectivity index (χ2n) is 8.62. The summed E-state index contributed by atoms with van der Waals surface area (Å²) < 4.78 is 13.0. The van der Waals surface area contributed by atoms with Crippen LogP contribution in [0.1, 0.15) is 35.2 Å². The average molecular weight is 511 g/mol. The summed E-state index contributed by atoms with van der Waals surface area (Å²) in [5, 5.41) is 0. The number of rotatable bonds is 6. The molecule has 0 fully saturated rings. The molecule has 0 bridgehead atoms. The van der Waals surface area contributed by atoms with E-state index in [1.807, 2.05) is 91.9 Å². The summed E-state index contributed by atoms with van der Waals surface area (Å²) in [5.41, 5.74) is 4.22. The number of methoxy groups -OCH3 is 1. The predicted molar refractivity (Wildman–Crippen MR) is 145 cm³/mol. The Kier molecular flexibility index (Phi) is 6.88. The van der Waals surface area contributed by atoms with Crippen molar-refractivity contribution in [2.75, 3.05) is 13.7 Å². The highest BCUT2D eigenvalue weighted by Crippen LogP contribution is 2.35. The van der Waals surface area contributed by atoms with Gasteiger partial charge in [0, 0.05) is 5.56 Å². The molecule has 0 saturated heterocycles. The van der Waals surface area contributed by atoms with Crippen molar-refractivity contribution in [2.24, 2.45) is 4.99 Å². The maximum absolute atomic E-state index is 13.8. The number of hydrogen-bond acceptors (Lipinski definition) is 6. The second-order valence-corrected chi connectivity index (χ2v) is 9.62. The number of benzene rings is 3. The third-order valence-electron chi connectivity index (χ3n) is 6.18. The van der Waals surface area contributed by atoms with Gasteiger partial charge in [0.2, 0.25) is 0 Å². The average Bonchev–Trinajstić information content (AvgIpc) is 3.24. The number of hydrogen-bond donors (Lipinski definition) is 0. The molecule has 7 heteroatoms. The van der Waals surface area contributed by atoms with Crippen LogP contribution in [0.2, 0.25) is 0 Å². The summed E-state index contributed by atoms with van der Waals surface area (Å²) in [7, 11) is 1.60. The van der Waals surface area contributed by atoms with Crippen LogP contribution in [0.4, 0.5) is 0 Å². The minimum atomic E-state index is -0.711. The Balaban J connectivity index is 1.81. The number of esters is 1. The summed E-state index contributed by atoms with van der Waals surface area (Å²) >= 11 is 1.31. The van der Waals surface area contributed by atoms with Gasteiger partial charge in [-0.15, -0.1) is 0 Å². The monoisotopic (exact) mass is 510 g/mol. The molecule has 1 aliphatic heterocycles. The molecule has 6 nitrogen and oxygen atoms in total. The van der Waals surface area contributed by atoms with Crippen molar-refractivity contribution >= 4 is 29.1 Å². The first kappa shape index (κ1) is 24.5. The van der Waals surface area contributed by atoms with Crippen LogP contribution in [0.3, 0.4) is 0 Å². The van der Waals surface area contributed by atoms with Crippen molar-refractivity contribution in [3.05, 3.63) is 126 Å². The highest BCUT2D eigenvalue weighted by molar-refractivity contribution is 7.07. The highest BCUT2D eigenvalue weighted by atomic mass is 32.1. The van der Waals surface area contributed by atoms with Crippen LogP contribution in [-0.2, 0) is 9.53 Å². The Morgan fingerprint density at radius 1 is 1.03 bits per heavy atom. The van der Waals surface area contributed by atoms with Gasteiger partial charge >= 0.3 is 5.97 Å². The molecule has 0 N–H and O–H groups in total. The molecule has 4 aromatic rings. The molecule has 1 atom stereocenters. The molecule has 0 radical (unpaired) electrons. The van der Waals surface area contributed by atoms with Crippen molar-refractivity contribution in [3.63, 3.8) is 0 Å². The standard InChI is InChI=1S/C30H26N2O4S/c1-4-36-29(34)25-26(21-8-6-5-7-9-21)31-30-32(27(25)22-14-16-23(35-3)17-15-22)28(33)24(37-30)18-20-12-10-19(2)11-13-20/h5-18,27H,4H2,1-3H3/b24-18-. The number of aryl methyl sites for hydroxylation is 1. The van der Waals surface area contributed by atoms with Crippen molar-refractivity contribution in [2.45, 2.75) is 19.9 Å². The molecule has 1 unspecified atom stereocenters. The van der Waals surface area contributed by atoms with Crippen LogP contribution in [0, 0.1) is 6.92 Å². The molecule has 186 valence electrons. The molecule has 2 heterocycles. The number of fused-ring (bicyclic) bond motifs is 1. The minimum Gasteiger partial charge on any atom is -0.497 e. The van der Waals surface area contributed by atoms with E-state index < -0.39 is 12.0 Å². The largest absolute Gasteiger partial charge is 0.497 e. The summed E-state index contributed by atoms with van der Waals surface area (Å²) in [6.45, 7) is 3.99. The van der Waals surface area contributed by atoms with Gasteiger partial charge in [-0.3, -0.25) is 9.36 Å². The molecule has 0 aliphatic carbocycles. The first-order valence-electron chi connectivity index (χ1n) is 12.0. The number of carbonyl (C=O) groups excluding carboxylic acids is 1. The number of ether oxygens (including phenoxy) is 2. The maximum Gasteiger partial charge on any atom is 0.338 e. The van der Waals surface area contributed by atoms with Crippen LogP contribution in [0.25, 0.3) is 11.8 Å². The Hall–Kier alpha value is -4.23. The zero-order chi connectivity index (χ0) is 25.9. The number of thiazole rings is 1. The molecular weight excluding hydrogens is 484 g/mol. The van der Waals surface area contributed by atoms with Crippen LogP contribution in [0.15, 0.2) is 94.2 Å². The van der Waals surface area contributed by atoms with Gasteiger partial charge in [0.25, 0.3) is 5.56 Å². The molecule has 1 aromatic heterocycles. The molecule has 0 amide bonds. The zero-order valence-corrected chi connectivity index (χ0v) is 21.6. The molecule has 1 aliphatic rings. The van der Waals surface area contributed by atoms with E-state index in [0.29, 0.717) is 26.4 Å². The predicted octanol–water partition coefficient (Wildman–Crippen LogP) is 4.25. The lowest BCUT2D eigenvalue weighted by Gasteiger charge is -2.26. The van der Waals surface area contributed by atoms with Crippen molar-refractivity contribution in [1.29, 1.82) is 0 Å². The maximum atomic E-state index is 13.8. The molecule has 0 saturated carbocycles. The van der Waals surface area contributed by atoms with Crippen molar-refractivity contribution in [3.8, 4) is 5.75 Å². The summed E-state index contributed by atoms with van der Waals surface area (Å²) in [5.74, 6) is 0.180. The molecule has 5 rings (SSSR count). The Morgan fingerprint density at radius 2 is 1.73 bits per heavy atom. The molecule has 3 aromatic carbocycles. The van der Waals surface area contributed by atoms with E-state index in [9.17, 15) is 9.59 Å². The van der Waals surface area contributed by atoms with Gasteiger partial charge in [-0.25, -0.2) is 9.79 Å². The summed E-state index contributed by atoms with van der Waals surface area (Å²) in [6.07, 6.45) is 1.87. The fourth-order valence-corrected chi connectivity index (χ4v) is 5.36. The van der Waals surface area contributed by atoms with Crippen LogP contribution >= 0.6 is 11.3 Å². The molecule has 0 spiro atoms. The number of nitrogens with zero attached hydrogens (tertiary/aromatic N) is 2. The minimum absolute atomic E-state index is 0.206. The second kappa shape index (κ2) is 10.4. The third kappa shape index (κ3) is 4.78. The van der Waals surface area contributed by atoms with E-state index in [1.54, 1.807) is 18.6 Å². The van der Waals surface area contributed by atoms with Crippen LogP contribution in [0.5, 0.6) is 5.75 Å². The van der Waals surface area contributed by atoms with E-state index in [4.69, 9.17) is 14.5 Å². The van der Waals surface area contributed by atoms with Gasteiger partial charge in [-0.2, -0.15) is 0 Å². The van der Waals surface area contributed by atoms with Crippen molar-refractivity contribution in [1.82, 2.24) is 4.57 Å². The topological polar surface area (TPSA) is 69.9 Å². The Labute approximate surface area is 218 Å². The smallest absolute Gasteiger partial charge is 0.338 e. The van der Waals surface area contributed by atoms with Crippen LogP contribution in [-0.4, -0.2) is 24.3 Å². The quantitative estimate of drug-likeness (QED) is 0.364. The van der Waals surface area contributed by atoms with Gasteiger partial charge in [0.05, 0.1) is 35.6 Å². The van der Waals surface area contributed by atoms with E-state index in [0.717, 1.165) is 22.3 Å². The summed E-state index contributed by atoms with van der Waals surface area (Å²) in [4.78, 5) is 32.7. The van der Waals surface area contributed by atoms with E-state index in [2.05, 4.69) is 0 Å². The Morgan fingerprint density at radius 3 is 2.38 bits per heavy atom. The van der Waals surface area contributed by atoms with Gasteiger partial charge in [-0.05, 0) is 43.2 Å². The fraction of sp³-hybridized carbons (Fsp3) is 0.167. The van der Waals surface area contributed by atoms with E-state index >= 15 is 0 Å². The summed E-state index contributed by atoms with van der Waals surface area (Å²) in [6, 6.07) is 24.2.